The fourth-order valence-electron chi connectivity index (χ4n) is 7.00. The molecule has 32 heavy (non-hydrogen) atoms. The largest absolute Gasteiger partial charge is 0.458 e. The normalized spacial score (nSPS) is 45.7. The van der Waals surface area contributed by atoms with E-state index in [-0.39, 0.29) is 47.4 Å². The molecule has 2 aliphatic heterocycles. The van der Waals surface area contributed by atoms with Crippen LogP contribution in [0.5, 0.6) is 0 Å². The summed E-state index contributed by atoms with van der Waals surface area (Å²) in [4.78, 5) is 48.9. The van der Waals surface area contributed by atoms with Crippen molar-refractivity contribution in [1.29, 1.82) is 0 Å². The van der Waals surface area contributed by atoms with Gasteiger partial charge in [0.05, 0.1) is 18.3 Å². The third-order valence-corrected chi connectivity index (χ3v) is 9.40. The first-order valence-corrected chi connectivity index (χ1v) is 12.4. The molecule has 12 heteroatoms. The van der Waals surface area contributed by atoms with Gasteiger partial charge in [-0.2, -0.15) is 8.42 Å². The van der Waals surface area contributed by atoms with Crippen molar-refractivity contribution in [2.45, 2.75) is 61.8 Å². The molecule has 6 fully saturated rings. The average molecular weight is 470 g/mol. The van der Waals surface area contributed by atoms with E-state index in [0.717, 1.165) is 0 Å². The van der Waals surface area contributed by atoms with E-state index in [4.69, 9.17) is 18.9 Å². The van der Waals surface area contributed by atoms with Gasteiger partial charge in [-0.25, -0.2) is 0 Å². The first-order valence-electron chi connectivity index (χ1n) is 10.9. The lowest BCUT2D eigenvalue weighted by Gasteiger charge is -2.27. The summed E-state index contributed by atoms with van der Waals surface area (Å²) in [6, 6.07) is 0. The molecule has 0 aromatic rings. The van der Waals surface area contributed by atoms with Crippen LogP contribution in [-0.4, -0.2) is 66.5 Å². The predicted molar refractivity (Wildman–Crippen MR) is 98.9 cm³/mol. The second-order valence-corrected chi connectivity index (χ2v) is 11.5. The third kappa shape index (κ3) is 2.84. The molecule has 2 saturated heterocycles. The summed E-state index contributed by atoms with van der Waals surface area (Å²) in [5.74, 6) is -3.55. The fraction of sp³-hybridized carbons (Fsp3) is 0.800. The van der Waals surface area contributed by atoms with Crippen LogP contribution in [0.3, 0.4) is 0 Å². The van der Waals surface area contributed by atoms with Gasteiger partial charge in [0.15, 0.2) is 5.25 Å². The van der Waals surface area contributed by atoms with E-state index in [2.05, 4.69) is 0 Å². The molecule has 0 radical (unpaired) electrons. The summed E-state index contributed by atoms with van der Waals surface area (Å²) >= 11 is 0. The number of hydrogen-bond donors (Lipinski definition) is 1. The number of carbonyl (C=O) groups excluding carboxylic acids is 4. The van der Waals surface area contributed by atoms with Crippen LogP contribution in [-0.2, 0) is 48.2 Å². The monoisotopic (exact) mass is 470 g/mol. The Kier molecular flexibility index (Phi) is 4.24. The molecule has 4 saturated carbocycles. The van der Waals surface area contributed by atoms with Crippen LogP contribution in [0.15, 0.2) is 0 Å². The van der Waals surface area contributed by atoms with Crippen molar-refractivity contribution in [2.24, 2.45) is 35.5 Å². The number of rotatable bonds is 6. The molecule has 11 unspecified atom stereocenters. The van der Waals surface area contributed by atoms with Crippen LogP contribution in [0.1, 0.15) is 32.1 Å². The number of hydrogen-bond acceptors (Lipinski definition) is 10. The Hall–Kier alpha value is -2.21. The molecule has 0 aromatic heterocycles. The topological polar surface area (TPSA) is 160 Å². The molecule has 0 amide bonds. The smallest absolute Gasteiger partial charge is 0.327 e. The zero-order valence-corrected chi connectivity index (χ0v) is 17.6. The number of carbonyl (C=O) groups is 4. The summed E-state index contributed by atoms with van der Waals surface area (Å²) in [6.07, 6.45) is -1.20. The maximum atomic E-state index is 12.7. The van der Waals surface area contributed by atoms with Crippen LogP contribution in [0.4, 0.5) is 0 Å². The van der Waals surface area contributed by atoms with Gasteiger partial charge >= 0.3 is 23.9 Å². The van der Waals surface area contributed by atoms with E-state index in [0.29, 0.717) is 25.7 Å². The van der Waals surface area contributed by atoms with Gasteiger partial charge in [0, 0.05) is 23.7 Å². The van der Waals surface area contributed by atoms with E-state index in [1.54, 1.807) is 0 Å². The number of ether oxygens (including phenoxy) is 4. The molecule has 0 spiro atoms. The maximum Gasteiger partial charge on any atom is 0.327 e. The highest BCUT2D eigenvalue weighted by Crippen LogP contribution is 2.56. The summed E-state index contributed by atoms with van der Waals surface area (Å²) in [7, 11) is -4.97. The van der Waals surface area contributed by atoms with Gasteiger partial charge in [-0.15, -0.1) is 0 Å². The Morgan fingerprint density at radius 3 is 1.91 bits per heavy atom. The van der Waals surface area contributed by atoms with Crippen molar-refractivity contribution in [2.75, 3.05) is 0 Å². The van der Waals surface area contributed by atoms with E-state index in [1.165, 1.54) is 0 Å². The van der Waals surface area contributed by atoms with Crippen LogP contribution >= 0.6 is 0 Å². The van der Waals surface area contributed by atoms with Crippen LogP contribution in [0.25, 0.3) is 0 Å². The molecule has 6 rings (SSSR count). The minimum atomic E-state index is -4.97. The molecule has 174 valence electrons. The maximum absolute atomic E-state index is 12.7. The van der Waals surface area contributed by atoms with Crippen molar-refractivity contribution < 1.29 is 51.1 Å². The highest BCUT2D eigenvalue weighted by atomic mass is 32.2. The summed E-state index contributed by atoms with van der Waals surface area (Å²) < 4.78 is 54.7. The summed E-state index contributed by atoms with van der Waals surface area (Å²) in [5.41, 5.74) is 0. The Bertz CT molecular complexity index is 1020. The van der Waals surface area contributed by atoms with Gasteiger partial charge in [-0.1, -0.05) is 0 Å². The Labute approximate surface area is 182 Å². The van der Waals surface area contributed by atoms with Gasteiger partial charge in [-0.3, -0.25) is 23.7 Å². The molecule has 0 aromatic carbocycles. The standard InChI is InChI=1S/C20H22O11S/c21-13(28-14-6-1-8-10(3-6)18(22)30-16(8)14)5-12(32(25,26)27)20(24)29-15-7-2-9-11(4-7)19(23)31-17(9)15/h6-12,14-17H,1-5H2,(H,25,26,27). The predicted octanol–water partition coefficient (Wildman–Crippen LogP) is -0.381. The highest BCUT2D eigenvalue weighted by Gasteiger charge is 2.64. The minimum absolute atomic E-state index is 0.0108. The first kappa shape index (κ1) is 20.4. The molecule has 11 nitrogen and oxygen atoms in total. The van der Waals surface area contributed by atoms with Gasteiger partial charge in [0.1, 0.15) is 24.4 Å². The Balaban J connectivity index is 1.12. The Morgan fingerprint density at radius 1 is 0.906 bits per heavy atom. The SMILES string of the molecule is O=C(CC(C(=O)OC1C2CC3C(=O)OC1C3C2)S(=O)(=O)O)OC1C2CC3C(=O)OC1C3C2. The molecule has 1 N–H and O–H groups in total. The molecule has 11 atom stereocenters. The van der Waals surface area contributed by atoms with Crippen molar-refractivity contribution in [3.8, 4) is 0 Å². The third-order valence-electron chi connectivity index (χ3n) is 8.32. The lowest BCUT2D eigenvalue weighted by Crippen LogP contribution is -2.43. The number of fused-ring (bicyclic) bond motifs is 2. The van der Waals surface area contributed by atoms with Crippen molar-refractivity contribution in [1.82, 2.24) is 0 Å². The van der Waals surface area contributed by atoms with Gasteiger partial charge < -0.3 is 18.9 Å². The molecule has 4 aliphatic carbocycles. The molecule has 4 bridgehead atoms. The number of esters is 4. The van der Waals surface area contributed by atoms with Crippen LogP contribution in [0.2, 0.25) is 0 Å². The van der Waals surface area contributed by atoms with Gasteiger partial charge in [0.2, 0.25) is 0 Å². The average Bonchev–Trinajstić information content (AvgIpc) is 3.49. The van der Waals surface area contributed by atoms with Crippen molar-refractivity contribution >= 4 is 34.0 Å². The second kappa shape index (κ2) is 6.66. The zero-order chi connectivity index (χ0) is 22.5. The highest BCUT2D eigenvalue weighted by molar-refractivity contribution is 7.87. The van der Waals surface area contributed by atoms with Gasteiger partial charge in [-0.05, 0) is 25.7 Å². The molecule has 6 aliphatic rings. The van der Waals surface area contributed by atoms with E-state index in [1.807, 2.05) is 0 Å². The van der Waals surface area contributed by atoms with Crippen molar-refractivity contribution in [3.05, 3.63) is 0 Å². The molecular weight excluding hydrogens is 448 g/mol. The van der Waals surface area contributed by atoms with Crippen LogP contribution < -0.4 is 0 Å². The summed E-state index contributed by atoms with van der Waals surface area (Å²) in [5, 5.41) is -2.15. The quantitative estimate of drug-likeness (QED) is 0.306. The lowest BCUT2D eigenvalue weighted by atomic mass is 9.88. The molecular formula is C20H22O11S. The first-order chi connectivity index (χ1) is 15.1. The summed E-state index contributed by atoms with van der Waals surface area (Å²) in [6.45, 7) is 0. The van der Waals surface area contributed by atoms with Gasteiger partial charge in [0.25, 0.3) is 10.1 Å². The Morgan fingerprint density at radius 2 is 1.41 bits per heavy atom. The fourth-order valence-corrected chi connectivity index (χ4v) is 7.65. The van der Waals surface area contributed by atoms with E-state index in [9.17, 15) is 32.1 Å². The molecule has 2 heterocycles. The van der Waals surface area contributed by atoms with Crippen LogP contribution in [0, 0.1) is 35.5 Å². The zero-order valence-electron chi connectivity index (χ0n) is 16.8. The van der Waals surface area contributed by atoms with Crippen molar-refractivity contribution in [3.63, 3.8) is 0 Å². The minimum Gasteiger partial charge on any atom is -0.458 e. The van der Waals surface area contributed by atoms with E-state index >= 15 is 0 Å². The second-order valence-electron chi connectivity index (χ2n) is 9.87. The lowest BCUT2D eigenvalue weighted by molar-refractivity contribution is -0.166. The van der Waals surface area contributed by atoms with E-state index < -0.39 is 58.1 Å².